The largest absolute Gasteiger partial charge is 0.0842 e. The van der Waals surface area contributed by atoms with Crippen molar-refractivity contribution in [2.45, 2.75) is 40.0 Å². The van der Waals surface area contributed by atoms with Crippen LogP contribution in [0.2, 0.25) is 0 Å². The van der Waals surface area contributed by atoms with Crippen LogP contribution in [0.5, 0.6) is 0 Å². The summed E-state index contributed by atoms with van der Waals surface area (Å²) in [5, 5.41) is 0. The Bertz CT molecular complexity index is 286. The summed E-state index contributed by atoms with van der Waals surface area (Å²) in [6.07, 6.45) is 7.88. The third-order valence-corrected chi connectivity index (χ3v) is 2.57. The van der Waals surface area contributed by atoms with Crippen molar-refractivity contribution in [1.29, 1.82) is 0 Å². The van der Waals surface area contributed by atoms with Crippen molar-refractivity contribution in [3.8, 4) is 0 Å². The molecular weight excluding hydrogens is 168 g/mol. The first kappa shape index (κ1) is 11.0. The molecule has 0 spiro atoms. The fourth-order valence-electron chi connectivity index (χ4n) is 1.73. The van der Waals surface area contributed by atoms with Crippen LogP contribution < -0.4 is 0 Å². The van der Waals surface area contributed by atoms with Gasteiger partial charge in [-0.15, -0.1) is 0 Å². The first-order valence-corrected chi connectivity index (χ1v) is 5.60. The van der Waals surface area contributed by atoms with Crippen LogP contribution in [0.15, 0.2) is 24.3 Å². The zero-order valence-electron chi connectivity index (χ0n) is 9.51. The van der Waals surface area contributed by atoms with Gasteiger partial charge in [0.05, 0.1) is 0 Å². The highest BCUT2D eigenvalue weighted by Crippen LogP contribution is 2.18. The van der Waals surface area contributed by atoms with Crippen molar-refractivity contribution in [1.82, 2.24) is 0 Å². The van der Waals surface area contributed by atoms with E-state index in [1.54, 1.807) is 0 Å². The molecule has 0 atom stereocenters. The van der Waals surface area contributed by atoms with Gasteiger partial charge in [-0.3, -0.25) is 0 Å². The molecule has 0 aliphatic rings. The van der Waals surface area contributed by atoms with E-state index < -0.39 is 0 Å². The van der Waals surface area contributed by atoms with Crippen LogP contribution in [0, 0.1) is 0 Å². The molecule has 0 heteroatoms. The van der Waals surface area contributed by atoms with E-state index in [0.717, 1.165) is 19.3 Å². The summed E-state index contributed by atoms with van der Waals surface area (Å²) in [5.74, 6) is 0. The van der Waals surface area contributed by atoms with Crippen molar-refractivity contribution >= 4 is 6.08 Å². The molecule has 1 aromatic rings. The van der Waals surface area contributed by atoms with E-state index in [-0.39, 0.29) is 0 Å². The standard InChI is InChI=1S/C14H20/c1-4-7-11-14-12(5-2)9-8-10-13(14)6-3/h7-11H,4-6H2,1-3H3. The maximum absolute atomic E-state index is 2.28. The molecule has 0 saturated carbocycles. The second-order valence-corrected chi connectivity index (χ2v) is 3.51. The van der Waals surface area contributed by atoms with Crippen molar-refractivity contribution in [3.63, 3.8) is 0 Å². The van der Waals surface area contributed by atoms with E-state index >= 15 is 0 Å². The summed E-state index contributed by atoms with van der Waals surface area (Å²) in [6.45, 7) is 6.62. The molecule has 0 nitrogen and oxygen atoms in total. The monoisotopic (exact) mass is 188 g/mol. The van der Waals surface area contributed by atoms with Gasteiger partial charge >= 0.3 is 0 Å². The number of aryl methyl sites for hydroxylation is 2. The summed E-state index contributed by atoms with van der Waals surface area (Å²) in [5.41, 5.74) is 4.38. The van der Waals surface area contributed by atoms with E-state index in [9.17, 15) is 0 Å². The van der Waals surface area contributed by atoms with Crippen molar-refractivity contribution in [3.05, 3.63) is 41.0 Å². The predicted octanol–water partition coefficient (Wildman–Crippen LogP) is 4.23. The van der Waals surface area contributed by atoms with Crippen LogP contribution in [0.3, 0.4) is 0 Å². The average molecular weight is 188 g/mol. The lowest BCUT2D eigenvalue weighted by Gasteiger charge is -2.08. The summed E-state index contributed by atoms with van der Waals surface area (Å²) < 4.78 is 0. The Kier molecular flexibility index (Phi) is 4.45. The molecule has 14 heavy (non-hydrogen) atoms. The summed E-state index contributed by atoms with van der Waals surface area (Å²) >= 11 is 0. The SMILES string of the molecule is CCC=Cc1c(CC)cccc1CC. The molecule has 0 saturated heterocycles. The quantitative estimate of drug-likeness (QED) is 0.663. The van der Waals surface area contributed by atoms with Gasteiger partial charge < -0.3 is 0 Å². The number of rotatable bonds is 4. The number of benzene rings is 1. The number of allylic oxidation sites excluding steroid dienone is 1. The number of hydrogen-bond donors (Lipinski definition) is 0. The van der Waals surface area contributed by atoms with E-state index in [0.29, 0.717) is 0 Å². The minimum absolute atomic E-state index is 1.11. The Morgan fingerprint density at radius 1 is 1.00 bits per heavy atom. The third kappa shape index (κ3) is 2.47. The van der Waals surface area contributed by atoms with Crippen LogP contribution in [-0.2, 0) is 12.8 Å². The van der Waals surface area contributed by atoms with E-state index in [4.69, 9.17) is 0 Å². The summed E-state index contributed by atoms with van der Waals surface area (Å²) in [6, 6.07) is 6.63. The third-order valence-electron chi connectivity index (χ3n) is 2.57. The topological polar surface area (TPSA) is 0 Å². The van der Waals surface area contributed by atoms with Gasteiger partial charge in [0.1, 0.15) is 0 Å². The smallest absolute Gasteiger partial charge is 0.0196 e. The molecule has 0 aromatic heterocycles. The van der Waals surface area contributed by atoms with Gasteiger partial charge in [-0.25, -0.2) is 0 Å². The second-order valence-electron chi connectivity index (χ2n) is 3.51. The van der Waals surface area contributed by atoms with Gasteiger partial charge in [-0.1, -0.05) is 51.1 Å². The minimum atomic E-state index is 1.11. The highest BCUT2D eigenvalue weighted by Gasteiger charge is 2.01. The van der Waals surface area contributed by atoms with Gasteiger partial charge in [-0.2, -0.15) is 0 Å². The predicted molar refractivity (Wildman–Crippen MR) is 64.5 cm³/mol. The van der Waals surface area contributed by atoms with E-state index in [1.807, 2.05) is 0 Å². The zero-order chi connectivity index (χ0) is 10.4. The van der Waals surface area contributed by atoms with Gasteiger partial charge in [0.2, 0.25) is 0 Å². The molecular formula is C14H20. The lowest BCUT2D eigenvalue weighted by molar-refractivity contribution is 1.07. The molecule has 0 amide bonds. The van der Waals surface area contributed by atoms with Crippen molar-refractivity contribution in [2.24, 2.45) is 0 Å². The fraction of sp³-hybridized carbons (Fsp3) is 0.429. The molecule has 0 fully saturated rings. The molecule has 1 aromatic carbocycles. The van der Waals surface area contributed by atoms with Gasteiger partial charge in [0, 0.05) is 0 Å². The highest BCUT2D eigenvalue weighted by atomic mass is 14.1. The Morgan fingerprint density at radius 3 is 2.00 bits per heavy atom. The van der Waals surface area contributed by atoms with E-state index in [1.165, 1.54) is 16.7 Å². The van der Waals surface area contributed by atoms with E-state index in [2.05, 4.69) is 51.1 Å². The van der Waals surface area contributed by atoms with Crippen molar-refractivity contribution < 1.29 is 0 Å². The van der Waals surface area contributed by atoms with Crippen LogP contribution in [0.4, 0.5) is 0 Å². The molecule has 0 unspecified atom stereocenters. The lowest BCUT2D eigenvalue weighted by Crippen LogP contribution is -1.92. The molecule has 0 N–H and O–H groups in total. The summed E-state index contributed by atoms with van der Waals surface area (Å²) in [4.78, 5) is 0. The highest BCUT2D eigenvalue weighted by molar-refractivity contribution is 5.58. The molecule has 76 valence electrons. The molecule has 0 aliphatic heterocycles. The molecule has 0 bridgehead atoms. The Hall–Kier alpha value is -1.04. The molecule has 1 rings (SSSR count). The first-order valence-electron chi connectivity index (χ1n) is 5.60. The fourth-order valence-corrected chi connectivity index (χ4v) is 1.73. The Labute approximate surface area is 87.7 Å². The maximum Gasteiger partial charge on any atom is -0.0196 e. The molecule has 0 heterocycles. The Morgan fingerprint density at radius 2 is 1.57 bits per heavy atom. The van der Waals surface area contributed by atoms with Crippen molar-refractivity contribution in [2.75, 3.05) is 0 Å². The van der Waals surface area contributed by atoms with Crippen LogP contribution >= 0.6 is 0 Å². The molecule has 0 aliphatic carbocycles. The lowest BCUT2D eigenvalue weighted by atomic mass is 9.97. The maximum atomic E-state index is 2.28. The van der Waals surface area contributed by atoms with Gasteiger partial charge in [0.25, 0.3) is 0 Å². The second kappa shape index (κ2) is 5.64. The summed E-state index contributed by atoms with van der Waals surface area (Å²) in [7, 11) is 0. The number of hydrogen-bond acceptors (Lipinski definition) is 0. The van der Waals surface area contributed by atoms with Gasteiger partial charge in [0.15, 0.2) is 0 Å². The van der Waals surface area contributed by atoms with Crippen LogP contribution in [-0.4, -0.2) is 0 Å². The Balaban J connectivity index is 3.12. The average Bonchev–Trinajstić information content (AvgIpc) is 2.25. The van der Waals surface area contributed by atoms with Crippen LogP contribution in [0.1, 0.15) is 43.9 Å². The molecule has 0 radical (unpaired) electrons. The minimum Gasteiger partial charge on any atom is -0.0842 e. The van der Waals surface area contributed by atoms with Crippen LogP contribution in [0.25, 0.3) is 6.08 Å². The first-order chi connectivity index (χ1) is 6.83. The zero-order valence-corrected chi connectivity index (χ0v) is 9.51. The normalized spacial score (nSPS) is 11.1. The van der Waals surface area contributed by atoms with Gasteiger partial charge in [-0.05, 0) is 36.0 Å².